The van der Waals surface area contributed by atoms with Gasteiger partial charge in [-0.2, -0.15) is 0 Å². The van der Waals surface area contributed by atoms with Crippen molar-refractivity contribution in [3.8, 4) is 0 Å². The minimum atomic E-state index is -1.10. The number of carbonyl (C=O) groups is 2. The highest BCUT2D eigenvalue weighted by Crippen LogP contribution is 2.22. The van der Waals surface area contributed by atoms with Crippen LogP contribution in [-0.2, 0) is 11.2 Å². The Balaban J connectivity index is 2.12. The topological polar surface area (TPSA) is 66.4 Å². The van der Waals surface area contributed by atoms with Crippen LogP contribution in [0.3, 0.4) is 0 Å². The van der Waals surface area contributed by atoms with Crippen LogP contribution in [0, 0.1) is 0 Å². The SMILES string of the molecule is O=C(N[C@@H](Cc1ccccc1)C(=O)O)c1ccc(Cl)c(Cl)c1. The molecule has 0 saturated heterocycles. The van der Waals surface area contributed by atoms with Gasteiger partial charge in [0.15, 0.2) is 0 Å². The predicted molar refractivity (Wildman–Crippen MR) is 85.5 cm³/mol. The highest BCUT2D eigenvalue weighted by molar-refractivity contribution is 6.42. The molecule has 0 radical (unpaired) electrons. The molecule has 0 aromatic heterocycles. The minimum Gasteiger partial charge on any atom is -0.480 e. The van der Waals surface area contributed by atoms with Crippen LogP contribution in [0.1, 0.15) is 15.9 Å². The number of benzene rings is 2. The second kappa shape index (κ2) is 7.29. The smallest absolute Gasteiger partial charge is 0.326 e. The highest BCUT2D eigenvalue weighted by atomic mass is 35.5. The molecule has 6 heteroatoms. The van der Waals surface area contributed by atoms with Crippen molar-refractivity contribution in [2.45, 2.75) is 12.5 Å². The molecule has 1 atom stereocenters. The molecule has 0 bridgehead atoms. The van der Waals surface area contributed by atoms with Gasteiger partial charge in [-0.05, 0) is 23.8 Å². The Bertz CT molecular complexity index is 689. The maximum atomic E-state index is 12.1. The van der Waals surface area contributed by atoms with Crippen LogP contribution in [0.4, 0.5) is 0 Å². The normalized spacial score (nSPS) is 11.7. The summed E-state index contributed by atoms with van der Waals surface area (Å²) in [5.74, 6) is -1.61. The maximum absolute atomic E-state index is 12.1. The van der Waals surface area contributed by atoms with Crippen molar-refractivity contribution >= 4 is 35.1 Å². The molecule has 2 rings (SSSR count). The predicted octanol–water partition coefficient (Wildman–Crippen LogP) is 3.42. The molecule has 4 nitrogen and oxygen atoms in total. The first-order valence-corrected chi connectivity index (χ1v) is 7.25. The van der Waals surface area contributed by atoms with Gasteiger partial charge in [-0.15, -0.1) is 0 Å². The summed E-state index contributed by atoms with van der Waals surface area (Å²) in [4.78, 5) is 23.5. The number of carboxylic acid groups (broad SMARTS) is 1. The number of hydrogen-bond donors (Lipinski definition) is 2. The second-order valence-corrected chi connectivity index (χ2v) is 5.50. The van der Waals surface area contributed by atoms with E-state index in [-0.39, 0.29) is 17.0 Å². The average molecular weight is 338 g/mol. The number of aliphatic carboxylic acids is 1. The van der Waals surface area contributed by atoms with Gasteiger partial charge >= 0.3 is 5.97 Å². The number of nitrogens with one attached hydrogen (secondary N) is 1. The van der Waals surface area contributed by atoms with E-state index in [1.54, 1.807) is 12.1 Å². The van der Waals surface area contributed by atoms with E-state index in [1.807, 2.05) is 18.2 Å². The van der Waals surface area contributed by atoms with Crippen molar-refractivity contribution in [3.63, 3.8) is 0 Å². The summed E-state index contributed by atoms with van der Waals surface area (Å²) in [5.41, 5.74) is 1.08. The monoisotopic (exact) mass is 337 g/mol. The molecule has 2 N–H and O–H groups in total. The van der Waals surface area contributed by atoms with Crippen molar-refractivity contribution in [1.82, 2.24) is 5.32 Å². The lowest BCUT2D eigenvalue weighted by molar-refractivity contribution is -0.139. The van der Waals surface area contributed by atoms with Crippen LogP contribution in [0.5, 0.6) is 0 Å². The molecule has 0 spiro atoms. The summed E-state index contributed by atoms with van der Waals surface area (Å²) in [7, 11) is 0. The zero-order valence-corrected chi connectivity index (χ0v) is 12.9. The van der Waals surface area contributed by atoms with Gasteiger partial charge in [0.25, 0.3) is 5.91 Å². The van der Waals surface area contributed by atoms with Gasteiger partial charge in [0.1, 0.15) is 6.04 Å². The van der Waals surface area contributed by atoms with E-state index in [2.05, 4.69) is 5.32 Å². The van der Waals surface area contributed by atoms with Gasteiger partial charge in [-0.3, -0.25) is 4.79 Å². The second-order valence-electron chi connectivity index (χ2n) is 4.68. The summed E-state index contributed by atoms with van der Waals surface area (Å²) in [6.45, 7) is 0. The van der Waals surface area contributed by atoms with E-state index in [4.69, 9.17) is 23.2 Å². The zero-order chi connectivity index (χ0) is 16.1. The van der Waals surface area contributed by atoms with Crippen molar-refractivity contribution < 1.29 is 14.7 Å². The summed E-state index contributed by atoms with van der Waals surface area (Å²) >= 11 is 11.6. The van der Waals surface area contributed by atoms with Gasteiger partial charge < -0.3 is 10.4 Å². The molecule has 1 amide bonds. The summed E-state index contributed by atoms with van der Waals surface area (Å²) in [6, 6.07) is 12.4. The van der Waals surface area contributed by atoms with Crippen LogP contribution < -0.4 is 5.32 Å². The molecular weight excluding hydrogens is 325 g/mol. The Hall–Kier alpha value is -2.04. The molecule has 22 heavy (non-hydrogen) atoms. The van der Waals surface area contributed by atoms with Crippen LogP contribution in [-0.4, -0.2) is 23.0 Å². The van der Waals surface area contributed by atoms with Gasteiger partial charge in [-0.1, -0.05) is 53.5 Å². The molecule has 2 aromatic rings. The maximum Gasteiger partial charge on any atom is 0.326 e. The number of carbonyl (C=O) groups excluding carboxylic acids is 1. The van der Waals surface area contributed by atoms with Gasteiger partial charge in [0.2, 0.25) is 0 Å². The van der Waals surface area contributed by atoms with E-state index in [0.29, 0.717) is 5.02 Å². The van der Waals surface area contributed by atoms with E-state index in [0.717, 1.165) is 5.56 Å². The third-order valence-corrected chi connectivity index (χ3v) is 3.81. The molecule has 114 valence electrons. The fourth-order valence-electron chi connectivity index (χ4n) is 1.93. The van der Waals surface area contributed by atoms with E-state index in [1.165, 1.54) is 18.2 Å². The van der Waals surface area contributed by atoms with E-state index in [9.17, 15) is 14.7 Å². The van der Waals surface area contributed by atoms with E-state index >= 15 is 0 Å². The third kappa shape index (κ3) is 4.23. The summed E-state index contributed by atoms with van der Waals surface area (Å²) in [5, 5.41) is 12.3. The average Bonchev–Trinajstić information content (AvgIpc) is 2.50. The lowest BCUT2D eigenvalue weighted by Crippen LogP contribution is -2.42. The number of carboxylic acids is 1. The van der Waals surface area contributed by atoms with Crippen LogP contribution in [0.25, 0.3) is 0 Å². The lowest BCUT2D eigenvalue weighted by atomic mass is 10.1. The van der Waals surface area contributed by atoms with Crippen molar-refractivity contribution in [3.05, 3.63) is 69.7 Å². The van der Waals surface area contributed by atoms with Crippen molar-refractivity contribution in [1.29, 1.82) is 0 Å². The van der Waals surface area contributed by atoms with Crippen molar-refractivity contribution in [2.75, 3.05) is 0 Å². The number of amides is 1. The minimum absolute atomic E-state index is 0.198. The largest absolute Gasteiger partial charge is 0.480 e. The molecule has 0 saturated carbocycles. The first-order valence-electron chi connectivity index (χ1n) is 6.50. The standard InChI is InChI=1S/C16H13Cl2NO3/c17-12-7-6-11(9-13(12)18)15(20)19-14(16(21)22)8-10-4-2-1-3-5-10/h1-7,9,14H,8H2,(H,19,20)(H,21,22)/t14-/m0/s1. The quantitative estimate of drug-likeness (QED) is 0.878. The zero-order valence-electron chi connectivity index (χ0n) is 11.4. The molecule has 0 aliphatic rings. The Morgan fingerprint density at radius 3 is 2.32 bits per heavy atom. The molecule has 0 unspecified atom stereocenters. The third-order valence-electron chi connectivity index (χ3n) is 3.07. The first-order chi connectivity index (χ1) is 10.5. The fraction of sp³-hybridized carbons (Fsp3) is 0.125. The molecule has 0 heterocycles. The Kier molecular flexibility index (Phi) is 5.41. The van der Waals surface area contributed by atoms with Crippen LogP contribution in [0.15, 0.2) is 48.5 Å². The summed E-state index contributed by atoms with van der Waals surface area (Å²) < 4.78 is 0. The van der Waals surface area contributed by atoms with Crippen LogP contribution in [0.2, 0.25) is 10.0 Å². The van der Waals surface area contributed by atoms with E-state index < -0.39 is 17.9 Å². The van der Waals surface area contributed by atoms with Gasteiger partial charge in [0, 0.05) is 12.0 Å². The fourth-order valence-corrected chi connectivity index (χ4v) is 2.23. The molecule has 2 aromatic carbocycles. The van der Waals surface area contributed by atoms with Gasteiger partial charge in [-0.25, -0.2) is 4.79 Å². The first kappa shape index (κ1) is 16.3. The Labute approximate surface area is 137 Å². The van der Waals surface area contributed by atoms with Crippen LogP contribution >= 0.6 is 23.2 Å². The number of rotatable bonds is 5. The Morgan fingerprint density at radius 1 is 1.05 bits per heavy atom. The highest BCUT2D eigenvalue weighted by Gasteiger charge is 2.21. The van der Waals surface area contributed by atoms with Gasteiger partial charge in [0.05, 0.1) is 10.0 Å². The summed E-state index contributed by atoms with van der Waals surface area (Å²) in [6.07, 6.45) is 0.198. The molecule has 0 aliphatic heterocycles. The molecular formula is C16H13Cl2NO3. The number of halogens is 2. The van der Waals surface area contributed by atoms with Crippen molar-refractivity contribution in [2.24, 2.45) is 0 Å². The molecule has 0 aliphatic carbocycles. The lowest BCUT2D eigenvalue weighted by Gasteiger charge is -2.15. The Morgan fingerprint density at radius 2 is 1.73 bits per heavy atom. The molecule has 0 fully saturated rings. The number of hydrogen-bond acceptors (Lipinski definition) is 2.